The highest BCUT2D eigenvalue weighted by Gasteiger charge is 2.03. The first-order chi connectivity index (χ1) is 6.24. The number of aromatic nitrogens is 2. The van der Waals surface area contributed by atoms with Crippen molar-refractivity contribution >= 4 is 6.29 Å². The van der Waals surface area contributed by atoms with Gasteiger partial charge in [0, 0.05) is 18.8 Å². The van der Waals surface area contributed by atoms with E-state index in [1.807, 2.05) is 0 Å². The van der Waals surface area contributed by atoms with Crippen LogP contribution < -0.4 is 0 Å². The largest absolute Gasteiger partial charge is 0.393 e. The van der Waals surface area contributed by atoms with Gasteiger partial charge >= 0.3 is 0 Å². The summed E-state index contributed by atoms with van der Waals surface area (Å²) in [6, 6.07) is 0. The average molecular weight is 182 g/mol. The number of rotatable bonds is 5. The fourth-order valence-corrected chi connectivity index (χ4v) is 1.15. The van der Waals surface area contributed by atoms with E-state index in [0.717, 1.165) is 12.1 Å². The number of nitrogens with zero attached hydrogens (tertiary/aromatic N) is 2. The maximum atomic E-state index is 10.3. The molecular formula is C9H14N2O2. The average Bonchev–Trinajstić information content (AvgIpc) is 2.49. The minimum absolute atomic E-state index is 0.318. The van der Waals surface area contributed by atoms with E-state index in [1.165, 1.54) is 0 Å². The van der Waals surface area contributed by atoms with Crippen molar-refractivity contribution in [2.45, 2.75) is 32.4 Å². The van der Waals surface area contributed by atoms with Gasteiger partial charge in [0.25, 0.3) is 0 Å². The molecule has 1 atom stereocenters. The maximum Gasteiger partial charge on any atom is 0.139 e. The fourth-order valence-electron chi connectivity index (χ4n) is 1.15. The Kier molecular flexibility index (Phi) is 3.64. The van der Waals surface area contributed by atoms with Crippen LogP contribution in [0, 0.1) is 0 Å². The molecule has 4 heteroatoms. The molecule has 0 fully saturated rings. The van der Waals surface area contributed by atoms with Gasteiger partial charge in [0.1, 0.15) is 12.1 Å². The molecule has 0 spiro atoms. The van der Waals surface area contributed by atoms with Gasteiger partial charge < -0.3 is 14.5 Å². The van der Waals surface area contributed by atoms with Gasteiger partial charge in [0.2, 0.25) is 0 Å². The molecule has 0 saturated heterocycles. The van der Waals surface area contributed by atoms with Gasteiger partial charge in [-0.15, -0.1) is 0 Å². The second kappa shape index (κ2) is 4.77. The summed E-state index contributed by atoms with van der Waals surface area (Å²) in [5.41, 5.74) is 0. The molecule has 1 aromatic rings. The van der Waals surface area contributed by atoms with Gasteiger partial charge in [-0.05, 0) is 13.3 Å². The molecule has 0 aliphatic carbocycles. The Morgan fingerprint density at radius 1 is 1.77 bits per heavy atom. The van der Waals surface area contributed by atoms with Crippen LogP contribution >= 0.6 is 0 Å². The SMILES string of the molecule is CC(O)CCc1nccn1CC=O. The highest BCUT2D eigenvalue weighted by molar-refractivity contribution is 5.49. The summed E-state index contributed by atoms with van der Waals surface area (Å²) >= 11 is 0. The molecule has 1 N–H and O–H groups in total. The number of aliphatic hydroxyl groups excluding tert-OH is 1. The molecule has 13 heavy (non-hydrogen) atoms. The topological polar surface area (TPSA) is 55.1 Å². The summed E-state index contributed by atoms with van der Waals surface area (Å²) in [6.07, 6.45) is 5.34. The summed E-state index contributed by atoms with van der Waals surface area (Å²) in [5.74, 6) is 0.855. The van der Waals surface area contributed by atoms with E-state index >= 15 is 0 Å². The zero-order chi connectivity index (χ0) is 9.68. The minimum atomic E-state index is -0.318. The Morgan fingerprint density at radius 3 is 3.15 bits per heavy atom. The highest BCUT2D eigenvalue weighted by Crippen LogP contribution is 2.02. The van der Waals surface area contributed by atoms with Crippen LogP contribution in [-0.4, -0.2) is 27.0 Å². The van der Waals surface area contributed by atoms with Crippen LogP contribution in [-0.2, 0) is 17.8 Å². The third-order valence-electron chi connectivity index (χ3n) is 1.86. The van der Waals surface area contributed by atoms with Gasteiger partial charge in [-0.3, -0.25) is 0 Å². The number of hydrogen-bond acceptors (Lipinski definition) is 3. The molecular weight excluding hydrogens is 168 g/mol. The predicted molar refractivity (Wildman–Crippen MR) is 48.3 cm³/mol. The Hall–Kier alpha value is -1.16. The van der Waals surface area contributed by atoms with E-state index in [0.29, 0.717) is 19.4 Å². The molecule has 0 saturated carbocycles. The second-order valence-corrected chi connectivity index (χ2v) is 3.05. The zero-order valence-electron chi connectivity index (χ0n) is 7.68. The van der Waals surface area contributed by atoms with Gasteiger partial charge in [0.15, 0.2) is 0 Å². The predicted octanol–water partition coefficient (Wildman–Crippen LogP) is 0.395. The number of imidazole rings is 1. The van der Waals surface area contributed by atoms with Gasteiger partial charge in [-0.1, -0.05) is 0 Å². The standard InChI is InChI=1S/C9H14N2O2/c1-8(13)2-3-9-10-4-5-11(9)6-7-12/h4-5,7-8,13H,2-3,6H2,1H3. The Balaban J connectivity index is 2.54. The number of aryl methyl sites for hydroxylation is 1. The molecule has 1 heterocycles. The van der Waals surface area contributed by atoms with Crippen molar-refractivity contribution in [2.75, 3.05) is 0 Å². The van der Waals surface area contributed by atoms with Crippen LogP contribution in [0.5, 0.6) is 0 Å². The third-order valence-corrected chi connectivity index (χ3v) is 1.86. The van der Waals surface area contributed by atoms with Gasteiger partial charge in [0.05, 0.1) is 12.6 Å². The molecule has 1 unspecified atom stereocenters. The van der Waals surface area contributed by atoms with Crippen molar-refractivity contribution < 1.29 is 9.90 Å². The van der Waals surface area contributed by atoms with Gasteiger partial charge in [-0.25, -0.2) is 4.98 Å². The highest BCUT2D eigenvalue weighted by atomic mass is 16.3. The number of aliphatic hydroxyl groups is 1. The fraction of sp³-hybridized carbons (Fsp3) is 0.556. The number of carbonyl (C=O) groups is 1. The minimum Gasteiger partial charge on any atom is -0.393 e. The molecule has 0 bridgehead atoms. The van der Waals surface area contributed by atoms with E-state index in [4.69, 9.17) is 5.11 Å². The lowest BCUT2D eigenvalue weighted by atomic mass is 10.2. The first kappa shape index (κ1) is 9.92. The van der Waals surface area contributed by atoms with Crippen molar-refractivity contribution in [3.63, 3.8) is 0 Å². The van der Waals surface area contributed by atoms with Crippen molar-refractivity contribution in [3.8, 4) is 0 Å². The number of hydrogen-bond donors (Lipinski definition) is 1. The number of aldehydes is 1. The van der Waals surface area contributed by atoms with Crippen LogP contribution in [0.1, 0.15) is 19.2 Å². The number of carbonyl (C=O) groups excluding carboxylic acids is 1. The van der Waals surface area contributed by atoms with Crippen molar-refractivity contribution in [1.82, 2.24) is 9.55 Å². The molecule has 4 nitrogen and oxygen atoms in total. The van der Waals surface area contributed by atoms with E-state index in [9.17, 15) is 4.79 Å². The lowest BCUT2D eigenvalue weighted by Gasteiger charge is -2.05. The summed E-state index contributed by atoms with van der Waals surface area (Å²) in [6.45, 7) is 2.09. The monoisotopic (exact) mass is 182 g/mol. The Labute approximate surface area is 77.2 Å². The van der Waals surface area contributed by atoms with Crippen molar-refractivity contribution in [2.24, 2.45) is 0 Å². The van der Waals surface area contributed by atoms with E-state index in [1.54, 1.807) is 23.9 Å². The summed E-state index contributed by atoms with van der Waals surface area (Å²) in [4.78, 5) is 14.4. The Bertz CT molecular complexity index is 268. The first-order valence-corrected chi connectivity index (χ1v) is 4.35. The molecule has 0 aliphatic rings. The quantitative estimate of drug-likeness (QED) is 0.670. The molecule has 0 aliphatic heterocycles. The lowest BCUT2D eigenvalue weighted by molar-refractivity contribution is -0.108. The van der Waals surface area contributed by atoms with Crippen LogP contribution in [0.2, 0.25) is 0 Å². The van der Waals surface area contributed by atoms with E-state index in [-0.39, 0.29) is 6.10 Å². The summed E-state index contributed by atoms with van der Waals surface area (Å²) in [7, 11) is 0. The summed E-state index contributed by atoms with van der Waals surface area (Å²) < 4.78 is 1.79. The van der Waals surface area contributed by atoms with Gasteiger partial charge in [-0.2, -0.15) is 0 Å². The Morgan fingerprint density at radius 2 is 2.54 bits per heavy atom. The molecule has 1 rings (SSSR count). The van der Waals surface area contributed by atoms with E-state index < -0.39 is 0 Å². The van der Waals surface area contributed by atoms with Crippen LogP contribution in [0.3, 0.4) is 0 Å². The normalized spacial score (nSPS) is 12.8. The molecule has 1 aromatic heterocycles. The van der Waals surface area contributed by atoms with E-state index in [2.05, 4.69) is 4.98 Å². The third kappa shape index (κ3) is 2.99. The smallest absolute Gasteiger partial charge is 0.139 e. The zero-order valence-corrected chi connectivity index (χ0v) is 7.68. The maximum absolute atomic E-state index is 10.3. The molecule has 0 amide bonds. The first-order valence-electron chi connectivity index (χ1n) is 4.35. The van der Waals surface area contributed by atoms with Crippen molar-refractivity contribution in [3.05, 3.63) is 18.2 Å². The van der Waals surface area contributed by atoms with Crippen LogP contribution in [0.15, 0.2) is 12.4 Å². The van der Waals surface area contributed by atoms with Crippen LogP contribution in [0.4, 0.5) is 0 Å². The second-order valence-electron chi connectivity index (χ2n) is 3.05. The summed E-state index contributed by atoms with van der Waals surface area (Å²) in [5, 5.41) is 9.07. The molecule has 0 aromatic carbocycles. The molecule has 72 valence electrons. The van der Waals surface area contributed by atoms with Crippen molar-refractivity contribution in [1.29, 1.82) is 0 Å². The lowest BCUT2D eigenvalue weighted by Crippen LogP contribution is -2.08. The van der Waals surface area contributed by atoms with Crippen LogP contribution in [0.25, 0.3) is 0 Å². The molecule has 0 radical (unpaired) electrons.